The number of aromatic nitrogens is 4. The Kier molecular flexibility index (Phi) is 4.72. The zero-order valence-electron chi connectivity index (χ0n) is 11.7. The van der Waals surface area contributed by atoms with E-state index in [4.69, 9.17) is 4.74 Å². The van der Waals surface area contributed by atoms with E-state index in [2.05, 4.69) is 53.9 Å². The van der Waals surface area contributed by atoms with Crippen molar-refractivity contribution in [2.45, 2.75) is 6.54 Å². The Balaban J connectivity index is 1.80. The van der Waals surface area contributed by atoms with Crippen LogP contribution in [0.15, 0.2) is 46.9 Å². The summed E-state index contributed by atoms with van der Waals surface area (Å²) >= 11 is 5.75. The van der Waals surface area contributed by atoms with Crippen LogP contribution in [0.5, 0.6) is 5.75 Å². The first-order chi connectivity index (χ1) is 10.6. The van der Waals surface area contributed by atoms with Gasteiger partial charge in [-0.25, -0.2) is 0 Å². The lowest BCUT2D eigenvalue weighted by atomic mass is 10.2. The number of nitrogens with zero attached hydrogens (tertiary/aromatic N) is 4. The summed E-state index contributed by atoms with van der Waals surface area (Å²) in [6, 6.07) is 13.9. The van der Waals surface area contributed by atoms with Gasteiger partial charge in [0.1, 0.15) is 5.75 Å². The summed E-state index contributed by atoms with van der Waals surface area (Å²) in [6.07, 6.45) is 0. The molecule has 22 heavy (non-hydrogen) atoms. The molecule has 0 aliphatic heterocycles. The molecule has 0 saturated carbocycles. The molecule has 0 fully saturated rings. The Morgan fingerprint density at radius 3 is 2.64 bits per heavy atom. The van der Waals surface area contributed by atoms with Gasteiger partial charge in [-0.1, -0.05) is 28.1 Å². The summed E-state index contributed by atoms with van der Waals surface area (Å²) < 4.78 is 7.27. The average molecular weight is 471 g/mol. The number of halogens is 2. The van der Waals surface area contributed by atoms with E-state index in [1.54, 1.807) is 11.9 Å². The van der Waals surface area contributed by atoms with Crippen molar-refractivity contribution in [3.05, 3.63) is 56.1 Å². The highest BCUT2D eigenvalue weighted by molar-refractivity contribution is 14.1. The molecule has 0 atom stereocenters. The van der Waals surface area contributed by atoms with Crippen LogP contribution in [-0.4, -0.2) is 27.3 Å². The SMILES string of the molecule is COc1ccc(Cn2nnc(-c3cc(Br)cc(I)c3)n2)cc1. The third kappa shape index (κ3) is 3.64. The predicted molar refractivity (Wildman–Crippen MR) is 95.8 cm³/mol. The molecule has 0 saturated heterocycles. The van der Waals surface area contributed by atoms with Crippen LogP contribution in [-0.2, 0) is 6.54 Å². The molecule has 3 aromatic rings. The first-order valence-corrected chi connectivity index (χ1v) is 8.38. The number of hydrogen-bond donors (Lipinski definition) is 0. The van der Waals surface area contributed by atoms with Gasteiger partial charge in [-0.15, -0.1) is 10.2 Å². The molecule has 5 nitrogen and oxygen atoms in total. The van der Waals surface area contributed by atoms with E-state index < -0.39 is 0 Å². The molecule has 7 heteroatoms. The molecule has 0 radical (unpaired) electrons. The molecular weight excluding hydrogens is 459 g/mol. The van der Waals surface area contributed by atoms with Gasteiger partial charge in [-0.05, 0) is 63.7 Å². The van der Waals surface area contributed by atoms with Crippen LogP contribution in [0.2, 0.25) is 0 Å². The Hall–Kier alpha value is -1.48. The summed E-state index contributed by atoms with van der Waals surface area (Å²) in [7, 11) is 1.65. The van der Waals surface area contributed by atoms with Gasteiger partial charge in [-0.3, -0.25) is 0 Å². The zero-order chi connectivity index (χ0) is 15.5. The predicted octanol–water partition coefficient (Wildman–Crippen LogP) is 3.76. The van der Waals surface area contributed by atoms with E-state index in [0.29, 0.717) is 12.4 Å². The van der Waals surface area contributed by atoms with Crippen molar-refractivity contribution in [1.82, 2.24) is 20.2 Å². The molecule has 0 unspecified atom stereocenters. The summed E-state index contributed by atoms with van der Waals surface area (Å²) in [4.78, 5) is 1.59. The van der Waals surface area contributed by atoms with E-state index in [1.165, 1.54) is 0 Å². The number of benzene rings is 2. The highest BCUT2D eigenvalue weighted by Gasteiger charge is 2.08. The average Bonchev–Trinajstić information content (AvgIpc) is 2.96. The van der Waals surface area contributed by atoms with Gasteiger partial charge < -0.3 is 4.74 Å². The quantitative estimate of drug-likeness (QED) is 0.545. The van der Waals surface area contributed by atoms with Crippen molar-refractivity contribution >= 4 is 38.5 Å². The maximum Gasteiger partial charge on any atom is 0.205 e. The highest BCUT2D eigenvalue weighted by atomic mass is 127. The van der Waals surface area contributed by atoms with Crippen molar-refractivity contribution in [2.75, 3.05) is 7.11 Å². The monoisotopic (exact) mass is 470 g/mol. The topological polar surface area (TPSA) is 52.8 Å². The first-order valence-electron chi connectivity index (χ1n) is 6.51. The van der Waals surface area contributed by atoms with Gasteiger partial charge in [0.2, 0.25) is 5.82 Å². The minimum absolute atomic E-state index is 0.572. The molecule has 112 valence electrons. The van der Waals surface area contributed by atoms with Gasteiger partial charge in [0.25, 0.3) is 0 Å². The Bertz CT molecular complexity index is 768. The van der Waals surface area contributed by atoms with E-state index in [-0.39, 0.29) is 0 Å². The molecule has 0 spiro atoms. The number of methoxy groups -OCH3 is 1. The molecule has 0 bridgehead atoms. The standard InChI is InChI=1S/C15H12BrIN4O/c1-22-14-4-2-10(3-5-14)9-21-19-15(18-20-21)11-6-12(16)8-13(17)7-11/h2-8H,9H2,1H3. The van der Waals surface area contributed by atoms with Crippen molar-refractivity contribution in [2.24, 2.45) is 0 Å². The highest BCUT2D eigenvalue weighted by Crippen LogP contribution is 2.23. The van der Waals surface area contributed by atoms with E-state index in [0.717, 1.165) is 24.9 Å². The lowest BCUT2D eigenvalue weighted by Gasteiger charge is -2.02. The largest absolute Gasteiger partial charge is 0.497 e. The maximum absolute atomic E-state index is 5.15. The fourth-order valence-corrected chi connectivity index (χ4v) is 3.60. The fourth-order valence-electron chi connectivity index (χ4n) is 2.00. The Morgan fingerprint density at radius 2 is 1.95 bits per heavy atom. The van der Waals surface area contributed by atoms with Crippen molar-refractivity contribution in [1.29, 1.82) is 0 Å². The molecule has 2 aromatic carbocycles. The Morgan fingerprint density at radius 1 is 1.18 bits per heavy atom. The summed E-state index contributed by atoms with van der Waals surface area (Å²) in [6.45, 7) is 0.572. The first kappa shape index (κ1) is 15.4. The second-order valence-corrected chi connectivity index (χ2v) is 6.81. The smallest absolute Gasteiger partial charge is 0.205 e. The van der Waals surface area contributed by atoms with Crippen LogP contribution >= 0.6 is 38.5 Å². The number of ether oxygens (including phenoxy) is 1. The van der Waals surface area contributed by atoms with Crippen LogP contribution in [0.1, 0.15) is 5.56 Å². The maximum atomic E-state index is 5.15. The van der Waals surface area contributed by atoms with E-state index in [1.807, 2.05) is 42.5 Å². The zero-order valence-corrected chi connectivity index (χ0v) is 15.4. The van der Waals surface area contributed by atoms with Crippen LogP contribution in [0.3, 0.4) is 0 Å². The van der Waals surface area contributed by atoms with Crippen molar-refractivity contribution < 1.29 is 4.74 Å². The van der Waals surface area contributed by atoms with Crippen LogP contribution in [0, 0.1) is 3.57 Å². The summed E-state index contributed by atoms with van der Waals surface area (Å²) in [5.74, 6) is 1.45. The molecule has 1 aromatic heterocycles. The molecule has 3 rings (SSSR count). The minimum Gasteiger partial charge on any atom is -0.497 e. The van der Waals surface area contributed by atoms with Crippen LogP contribution in [0.25, 0.3) is 11.4 Å². The molecule has 0 aliphatic carbocycles. The second-order valence-electron chi connectivity index (χ2n) is 4.65. The molecule has 0 aliphatic rings. The number of rotatable bonds is 4. The Labute approximate surface area is 150 Å². The van der Waals surface area contributed by atoms with Gasteiger partial charge in [-0.2, -0.15) is 4.80 Å². The molecule has 1 heterocycles. The third-order valence-electron chi connectivity index (χ3n) is 3.06. The molecule has 0 amide bonds. The van der Waals surface area contributed by atoms with E-state index in [9.17, 15) is 0 Å². The van der Waals surface area contributed by atoms with Gasteiger partial charge in [0.15, 0.2) is 0 Å². The van der Waals surface area contributed by atoms with Gasteiger partial charge >= 0.3 is 0 Å². The molecular formula is C15H12BrIN4O. The van der Waals surface area contributed by atoms with Crippen molar-refractivity contribution in [3.8, 4) is 17.1 Å². The third-order valence-corrected chi connectivity index (χ3v) is 4.14. The van der Waals surface area contributed by atoms with Crippen LogP contribution < -0.4 is 4.74 Å². The van der Waals surface area contributed by atoms with Gasteiger partial charge in [0, 0.05) is 13.6 Å². The summed E-state index contributed by atoms with van der Waals surface area (Å²) in [5, 5.41) is 12.7. The summed E-state index contributed by atoms with van der Waals surface area (Å²) in [5.41, 5.74) is 2.04. The second kappa shape index (κ2) is 6.74. The minimum atomic E-state index is 0.572. The van der Waals surface area contributed by atoms with Crippen LogP contribution in [0.4, 0.5) is 0 Å². The fraction of sp³-hybridized carbons (Fsp3) is 0.133. The lowest BCUT2D eigenvalue weighted by molar-refractivity contribution is 0.414. The van der Waals surface area contributed by atoms with E-state index >= 15 is 0 Å². The number of tetrazole rings is 1. The van der Waals surface area contributed by atoms with Gasteiger partial charge in [0.05, 0.1) is 13.7 Å². The molecule has 0 N–H and O–H groups in total. The number of hydrogen-bond acceptors (Lipinski definition) is 4. The normalized spacial score (nSPS) is 10.7. The van der Waals surface area contributed by atoms with Crippen molar-refractivity contribution in [3.63, 3.8) is 0 Å². The lowest BCUT2D eigenvalue weighted by Crippen LogP contribution is -2.04.